The number of nitrogens with zero attached hydrogens (tertiary/aromatic N) is 2. The van der Waals surface area contributed by atoms with Crippen molar-refractivity contribution in [3.05, 3.63) is 5.56 Å². The first-order valence-corrected chi connectivity index (χ1v) is 8.61. The standard InChI is InChI=1S/C12H20N4O4S/c1-3-21(18,19)7-6-16-10(13)9(12(17)20-2)11(15-16)14-8-4-5-8/h8H,3-7,13H2,1-2H3,(H,14,15). The molecule has 1 fully saturated rings. The topological polar surface area (TPSA) is 116 Å². The molecule has 1 aliphatic carbocycles. The number of sulfone groups is 1. The van der Waals surface area contributed by atoms with Crippen LogP contribution in [0.15, 0.2) is 0 Å². The number of hydrogen-bond donors (Lipinski definition) is 2. The Labute approximate surface area is 123 Å². The van der Waals surface area contributed by atoms with Crippen LogP contribution in [0.2, 0.25) is 0 Å². The van der Waals surface area contributed by atoms with E-state index < -0.39 is 15.8 Å². The van der Waals surface area contributed by atoms with E-state index in [1.54, 1.807) is 6.92 Å². The van der Waals surface area contributed by atoms with Crippen molar-refractivity contribution in [1.82, 2.24) is 9.78 Å². The lowest BCUT2D eigenvalue weighted by molar-refractivity contribution is 0.0603. The molecule has 0 aromatic carbocycles. The average Bonchev–Trinajstić information content (AvgIpc) is 3.20. The summed E-state index contributed by atoms with van der Waals surface area (Å²) in [5.74, 6) is -0.114. The minimum absolute atomic E-state index is 0.0607. The molecule has 118 valence electrons. The van der Waals surface area contributed by atoms with Crippen molar-refractivity contribution >= 4 is 27.4 Å². The molecule has 1 aliphatic rings. The molecular formula is C12H20N4O4S. The van der Waals surface area contributed by atoms with E-state index >= 15 is 0 Å². The lowest BCUT2D eigenvalue weighted by Gasteiger charge is -2.04. The van der Waals surface area contributed by atoms with Crippen LogP contribution >= 0.6 is 0 Å². The number of aromatic nitrogens is 2. The normalized spacial score (nSPS) is 15.0. The van der Waals surface area contributed by atoms with Crippen molar-refractivity contribution in [2.24, 2.45) is 0 Å². The van der Waals surface area contributed by atoms with Crippen LogP contribution in [0.5, 0.6) is 0 Å². The third kappa shape index (κ3) is 3.66. The van der Waals surface area contributed by atoms with Gasteiger partial charge in [0.1, 0.15) is 11.4 Å². The van der Waals surface area contributed by atoms with Gasteiger partial charge in [-0.25, -0.2) is 17.9 Å². The number of hydrogen-bond acceptors (Lipinski definition) is 7. The molecule has 0 unspecified atom stereocenters. The number of carbonyl (C=O) groups is 1. The van der Waals surface area contributed by atoms with E-state index in [1.165, 1.54) is 11.8 Å². The first kappa shape index (κ1) is 15.6. The first-order chi connectivity index (χ1) is 9.88. The molecule has 1 heterocycles. The fraction of sp³-hybridized carbons (Fsp3) is 0.667. The summed E-state index contributed by atoms with van der Waals surface area (Å²) >= 11 is 0. The summed E-state index contributed by atoms with van der Waals surface area (Å²) in [6.45, 7) is 1.69. The maximum atomic E-state index is 11.8. The highest BCUT2D eigenvalue weighted by Gasteiger charge is 2.28. The third-order valence-electron chi connectivity index (χ3n) is 3.35. The highest BCUT2D eigenvalue weighted by Crippen LogP contribution is 2.29. The smallest absolute Gasteiger partial charge is 0.345 e. The fourth-order valence-electron chi connectivity index (χ4n) is 1.84. The van der Waals surface area contributed by atoms with Crippen molar-refractivity contribution in [1.29, 1.82) is 0 Å². The lowest BCUT2D eigenvalue weighted by atomic mass is 10.3. The van der Waals surface area contributed by atoms with Gasteiger partial charge in [-0.2, -0.15) is 5.10 Å². The van der Waals surface area contributed by atoms with Crippen LogP contribution < -0.4 is 11.1 Å². The maximum absolute atomic E-state index is 11.8. The Bertz CT molecular complexity index is 634. The zero-order valence-corrected chi connectivity index (χ0v) is 12.9. The SMILES string of the molecule is CCS(=O)(=O)CCn1nc(NC2CC2)c(C(=O)OC)c1N. The predicted octanol–water partition coefficient (Wildman–Crippen LogP) is 0.261. The van der Waals surface area contributed by atoms with Crippen LogP contribution in [-0.2, 0) is 21.1 Å². The number of methoxy groups -OCH3 is 1. The average molecular weight is 316 g/mol. The van der Waals surface area contributed by atoms with Crippen molar-refractivity contribution in [2.75, 3.05) is 29.7 Å². The molecule has 0 radical (unpaired) electrons. The summed E-state index contributed by atoms with van der Waals surface area (Å²) in [7, 11) is -1.86. The molecule has 0 aliphatic heterocycles. The monoisotopic (exact) mass is 316 g/mol. The molecule has 9 heteroatoms. The zero-order valence-electron chi connectivity index (χ0n) is 12.1. The summed E-state index contributed by atoms with van der Waals surface area (Å²) in [5.41, 5.74) is 6.08. The molecule has 0 atom stereocenters. The number of anilines is 2. The molecule has 0 bridgehead atoms. The van der Waals surface area contributed by atoms with Gasteiger partial charge in [0.2, 0.25) is 0 Å². The van der Waals surface area contributed by atoms with Crippen LogP contribution in [0.4, 0.5) is 11.6 Å². The second-order valence-corrected chi connectivity index (χ2v) is 7.45. The van der Waals surface area contributed by atoms with E-state index in [0.717, 1.165) is 12.8 Å². The Morgan fingerprint density at radius 1 is 1.52 bits per heavy atom. The van der Waals surface area contributed by atoms with Gasteiger partial charge in [-0.05, 0) is 12.8 Å². The van der Waals surface area contributed by atoms with Crippen LogP contribution in [0.1, 0.15) is 30.1 Å². The number of aryl methyl sites for hydroxylation is 1. The largest absolute Gasteiger partial charge is 0.465 e. The van der Waals surface area contributed by atoms with Crippen molar-refractivity contribution in [3.63, 3.8) is 0 Å². The van der Waals surface area contributed by atoms with E-state index in [9.17, 15) is 13.2 Å². The fourth-order valence-corrected chi connectivity index (χ4v) is 2.58. The Hall–Kier alpha value is -1.77. The number of nitrogens with one attached hydrogen (secondary N) is 1. The first-order valence-electron chi connectivity index (χ1n) is 6.79. The molecule has 0 amide bonds. The van der Waals surface area contributed by atoms with Gasteiger partial charge in [-0.3, -0.25) is 0 Å². The summed E-state index contributed by atoms with van der Waals surface area (Å²) in [6.07, 6.45) is 2.02. The van der Waals surface area contributed by atoms with Gasteiger partial charge in [0.15, 0.2) is 15.7 Å². The minimum atomic E-state index is -3.13. The quantitative estimate of drug-likeness (QED) is 0.693. The van der Waals surface area contributed by atoms with Gasteiger partial charge < -0.3 is 15.8 Å². The van der Waals surface area contributed by atoms with Gasteiger partial charge in [0.25, 0.3) is 0 Å². The van der Waals surface area contributed by atoms with Crippen molar-refractivity contribution in [2.45, 2.75) is 32.4 Å². The van der Waals surface area contributed by atoms with Crippen LogP contribution in [-0.4, -0.2) is 48.8 Å². The molecule has 8 nitrogen and oxygen atoms in total. The van der Waals surface area contributed by atoms with Gasteiger partial charge in [-0.15, -0.1) is 0 Å². The number of nitrogen functional groups attached to an aromatic ring is 1. The van der Waals surface area contributed by atoms with Gasteiger partial charge >= 0.3 is 5.97 Å². The maximum Gasteiger partial charge on any atom is 0.345 e. The number of nitrogens with two attached hydrogens (primary N) is 1. The molecule has 0 saturated heterocycles. The molecule has 3 N–H and O–H groups in total. The van der Waals surface area contributed by atoms with E-state index in [1.807, 2.05) is 0 Å². The summed E-state index contributed by atoms with van der Waals surface area (Å²) in [6, 6.07) is 0.288. The summed E-state index contributed by atoms with van der Waals surface area (Å²) < 4.78 is 29.2. The highest BCUT2D eigenvalue weighted by molar-refractivity contribution is 7.91. The molecule has 2 rings (SSSR count). The molecule has 1 saturated carbocycles. The minimum Gasteiger partial charge on any atom is -0.465 e. The van der Waals surface area contributed by atoms with Gasteiger partial charge in [0.05, 0.1) is 19.4 Å². The van der Waals surface area contributed by atoms with Crippen LogP contribution in [0.25, 0.3) is 0 Å². The van der Waals surface area contributed by atoms with E-state index in [-0.39, 0.29) is 35.5 Å². The lowest BCUT2D eigenvalue weighted by Crippen LogP contribution is -2.17. The zero-order chi connectivity index (χ0) is 15.6. The summed E-state index contributed by atoms with van der Waals surface area (Å²) in [4.78, 5) is 11.8. The number of rotatable bonds is 7. The van der Waals surface area contributed by atoms with Crippen molar-refractivity contribution in [3.8, 4) is 0 Å². The van der Waals surface area contributed by atoms with E-state index in [0.29, 0.717) is 5.82 Å². The molecule has 1 aromatic rings. The Morgan fingerprint density at radius 3 is 2.71 bits per heavy atom. The van der Waals surface area contributed by atoms with E-state index in [4.69, 9.17) is 10.5 Å². The van der Waals surface area contributed by atoms with Crippen LogP contribution in [0, 0.1) is 0 Å². The second-order valence-electron chi connectivity index (χ2n) is 4.98. The molecule has 1 aromatic heterocycles. The van der Waals surface area contributed by atoms with Crippen molar-refractivity contribution < 1.29 is 17.9 Å². The number of carbonyl (C=O) groups excluding carboxylic acids is 1. The Balaban J connectivity index is 2.25. The predicted molar refractivity (Wildman–Crippen MR) is 79.0 cm³/mol. The number of ether oxygens (including phenoxy) is 1. The highest BCUT2D eigenvalue weighted by atomic mass is 32.2. The molecule has 0 spiro atoms. The number of esters is 1. The second kappa shape index (κ2) is 5.92. The summed E-state index contributed by atoms with van der Waals surface area (Å²) in [5, 5.41) is 7.32. The molecular weight excluding hydrogens is 296 g/mol. The van der Waals surface area contributed by atoms with Crippen LogP contribution in [0.3, 0.4) is 0 Å². The third-order valence-corrected chi connectivity index (χ3v) is 5.04. The van der Waals surface area contributed by atoms with E-state index in [2.05, 4.69) is 10.4 Å². The Morgan fingerprint density at radius 2 is 2.19 bits per heavy atom. The Kier molecular flexibility index (Phi) is 4.40. The van der Waals surface area contributed by atoms with Gasteiger partial charge in [0, 0.05) is 11.8 Å². The van der Waals surface area contributed by atoms with Gasteiger partial charge in [-0.1, -0.05) is 6.92 Å². The molecule has 21 heavy (non-hydrogen) atoms.